The van der Waals surface area contributed by atoms with Crippen LogP contribution in [0.3, 0.4) is 0 Å². The van der Waals surface area contributed by atoms with Gasteiger partial charge in [0, 0.05) is 0 Å². The summed E-state index contributed by atoms with van der Waals surface area (Å²) in [5.74, 6) is -0.102. The van der Waals surface area contributed by atoms with Crippen molar-refractivity contribution in [1.29, 1.82) is 0 Å². The summed E-state index contributed by atoms with van der Waals surface area (Å²) >= 11 is 9.66. The second kappa shape index (κ2) is 5.23. The zero-order chi connectivity index (χ0) is 10.7. The number of pyridine rings is 1. The SMILES string of the molecule is CC(Br)C(=O)Nc1ccc(Br)nc1Br. The van der Waals surface area contributed by atoms with Crippen molar-refractivity contribution in [2.45, 2.75) is 11.8 Å². The van der Waals surface area contributed by atoms with Crippen molar-refractivity contribution in [1.82, 2.24) is 4.98 Å². The Kier molecular flexibility index (Phi) is 4.53. The Morgan fingerprint density at radius 2 is 2.14 bits per heavy atom. The number of nitrogens with one attached hydrogen (secondary N) is 1. The minimum absolute atomic E-state index is 0.102. The molecule has 3 nitrogen and oxygen atoms in total. The van der Waals surface area contributed by atoms with E-state index in [1.54, 1.807) is 19.1 Å². The van der Waals surface area contributed by atoms with Gasteiger partial charge in [-0.15, -0.1) is 0 Å². The number of hydrogen-bond donors (Lipinski definition) is 1. The molecule has 0 radical (unpaired) electrons. The van der Waals surface area contributed by atoms with Crippen LogP contribution in [0.2, 0.25) is 0 Å². The Morgan fingerprint density at radius 3 is 2.64 bits per heavy atom. The Morgan fingerprint density at radius 1 is 1.50 bits per heavy atom. The monoisotopic (exact) mass is 384 g/mol. The fourth-order valence-electron chi connectivity index (χ4n) is 0.738. The van der Waals surface area contributed by atoms with Crippen LogP contribution in [0.15, 0.2) is 21.3 Å². The first-order valence-corrected chi connectivity index (χ1v) is 6.28. The number of halogens is 3. The molecule has 0 saturated heterocycles. The zero-order valence-corrected chi connectivity index (χ0v) is 12.0. The third kappa shape index (κ3) is 3.33. The molecule has 0 aliphatic carbocycles. The van der Waals surface area contributed by atoms with Gasteiger partial charge in [-0.3, -0.25) is 4.79 Å². The number of aromatic nitrogens is 1. The number of anilines is 1. The molecule has 1 aromatic heterocycles. The Bertz CT molecular complexity index is 354. The van der Waals surface area contributed by atoms with Gasteiger partial charge < -0.3 is 5.32 Å². The number of carbonyl (C=O) groups is 1. The van der Waals surface area contributed by atoms with Gasteiger partial charge in [0.05, 0.1) is 10.5 Å². The van der Waals surface area contributed by atoms with Gasteiger partial charge in [0.15, 0.2) is 0 Å². The first-order valence-electron chi connectivity index (χ1n) is 3.77. The maximum Gasteiger partial charge on any atom is 0.237 e. The van der Waals surface area contributed by atoms with Crippen molar-refractivity contribution in [3.8, 4) is 0 Å². The molecule has 0 fully saturated rings. The van der Waals surface area contributed by atoms with Crippen molar-refractivity contribution in [2.75, 3.05) is 5.32 Å². The van der Waals surface area contributed by atoms with Crippen LogP contribution in [-0.2, 0) is 4.79 Å². The van der Waals surface area contributed by atoms with Gasteiger partial charge >= 0.3 is 0 Å². The van der Waals surface area contributed by atoms with Gasteiger partial charge in [-0.25, -0.2) is 4.98 Å². The van der Waals surface area contributed by atoms with Crippen LogP contribution in [0.1, 0.15) is 6.92 Å². The summed E-state index contributed by atoms with van der Waals surface area (Å²) < 4.78 is 1.32. The Balaban J connectivity index is 2.82. The molecule has 0 aliphatic heterocycles. The lowest BCUT2D eigenvalue weighted by molar-refractivity contribution is -0.115. The molecule has 76 valence electrons. The van der Waals surface area contributed by atoms with E-state index in [0.717, 1.165) is 0 Å². The number of alkyl halides is 1. The summed E-state index contributed by atoms with van der Waals surface area (Å²) in [4.78, 5) is 15.2. The summed E-state index contributed by atoms with van der Waals surface area (Å²) in [6, 6.07) is 3.54. The van der Waals surface area contributed by atoms with Gasteiger partial charge in [0.1, 0.15) is 9.21 Å². The van der Waals surface area contributed by atoms with E-state index in [2.05, 4.69) is 58.1 Å². The van der Waals surface area contributed by atoms with Crippen LogP contribution in [0.4, 0.5) is 5.69 Å². The molecule has 1 heterocycles. The van der Waals surface area contributed by atoms with E-state index >= 15 is 0 Å². The van der Waals surface area contributed by atoms with E-state index in [1.165, 1.54) is 0 Å². The average molecular weight is 387 g/mol. The van der Waals surface area contributed by atoms with Gasteiger partial charge in [-0.2, -0.15) is 0 Å². The van der Waals surface area contributed by atoms with Crippen LogP contribution in [-0.4, -0.2) is 15.7 Å². The van der Waals surface area contributed by atoms with E-state index in [9.17, 15) is 4.79 Å². The number of carbonyl (C=O) groups excluding carboxylic acids is 1. The smallest absolute Gasteiger partial charge is 0.237 e. The Hall–Kier alpha value is 0.0600. The molecule has 1 aromatic rings. The molecular formula is C8H7Br3N2O. The second-order valence-corrected chi connectivity index (χ2v) is 5.51. The molecule has 0 aliphatic rings. The highest BCUT2D eigenvalue weighted by Crippen LogP contribution is 2.22. The number of rotatable bonds is 2. The highest BCUT2D eigenvalue weighted by molar-refractivity contribution is 9.11. The zero-order valence-electron chi connectivity index (χ0n) is 7.22. The quantitative estimate of drug-likeness (QED) is 0.625. The molecule has 1 amide bonds. The number of nitrogens with zero attached hydrogens (tertiary/aromatic N) is 1. The van der Waals surface area contributed by atoms with Crippen LogP contribution < -0.4 is 5.32 Å². The molecule has 1 N–H and O–H groups in total. The lowest BCUT2D eigenvalue weighted by Gasteiger charge is -2.07. The molecule has 0 aromatic carbocycles. The third-order valence-corrected chi connectivity index (χ3v) is 2.90. The standard InChI is InChI=1S/C8H7Br3N2O/c1-4(9)8(14)12-5-2-3-6(10)13-7(5)11/h2-4H,1H3,(H,12,14). The summed E-state index contributed by atoms with van der Waals surface area (Å²) in [7, 11) is 0. The predicted octanol–water partition coefficient (Wildman–Crippen LogP) is 3.33. The van der Waals surface area contributed by atoms with Crippen molar-refractivity contribution in [3.05, 3.63) is 21.3 Å². The molecule has 0 saturated carbocycles. The van der Waals surface area contributed by atoms with E-state index < -0.39 is 0 Å². The summed E-state index contributed by atoms with van der Waals surface area (Å²) in [5, 5.41) is 2.72. The van der Waals surface area contributed by atoms with E-state index in [-0.39, 0.29) is 10.7 Å². The van der Waals surface area contributed by atoms with E-state index in [4.69, 9.17) is 0 Å². The average Bonchev–Trinajstić information content (AvgIpc) is 2.09. The molecule has 6 heteroatoms. The first kappa shape index (κ1) is 12.1. The van der Waals surface area contributed by atoms with Crippen LogP contribution in [0.5, 0.6) is 0 Å². The molecule has 1 atom stereocenters. The van der Waals surface area contributed by atoms with Gasteiger partial charge in [0.2, 0.25) is 5.91 Å². The first-order chi connectivity index (χ1) is 6.50. The largest absolute Gasteiger partial charge is 0.323 e. The highest BCUT2D eigenvalue weighted by Gasteiger charge is 2.11. The third-order valence-electron chi connectivity index (χ3n) is 1.43. The van der Waals surface area contributed by atoms with Gasteiger partial charge in [-0.05, 0) is 50.9 Å². The lowest BCUT2D eigenvalue weighted by atomic mass is 10.4. The Labute approximate surface area is 107 Å². The normalized spacial score (nSPS) is 12.3. The van der Waals surface area contributed by atoms with Crippen molar-refractivity contribution >= 4 is 59.4 Å². The highest BCUT2D eigenvalue weighted by atomic mass is 79.9. The van der Waals surface area contributed by atoms with E-state index in [1.807, 2.05) is 0 Å². The molecule has 14 heavy (non-hydrogen) atoms. The summed E-state index contributed by atoms with van der Waals surface area (Å²) in [6.45, 7) is 1.76. The summed E-state index contributed by atoms with van der Waals surface area (Å²) in [6.07, 6.45) is 0. The van der Waals surface area contributed by atoms with Crippen molar-refractivity contribution in [2.24, 2.45) is 0 Å². The molecular weight excluding hydrogens is 380 g/mol. The fraction of sp³-hybridized carbons (Fsp3) is 0.250. The molecule has 1 unspecified atom stereocenters. The van der Waals surface area contributed by atoms with Crippen LogP contribution in [0, 0.1) is 0 Å². The number of amides is 1. The van der Waals surface area contributed by atoms with Crippen LogP contribution in [0.25, 0.3) is 0 Å². The van der Waals surface area contributed by atoms with Crippen molar-refractivity contribution < 1.29 is 4.79 Å². The molecule has 1 rings (SSSR count). The van der Waals surface area contributed by atoms with Gasteiger partial charge in [0.25, 0.3) is 0 Å². The second-order valence-electron chi connectivity index (χ2n) is 2.58. The topological polar surface area (TPSA) is 42.0 Å². The van der Waals surface area contributed by atoms with Crippen molar-refractivity contribution in [3.63, 3.8) is 0 Å². The fourth-order valence-corrected chi connectivity index (χ4v) is 1.82. The minimum Gasteiger partial charge on any atom is -0.323 e. The molecule has 0 spiro atoms. The maximum atomic E-state index is 11.3. The lowest BCUT2D eigenvalue weighted by Crippen LogP contribution is -2.20. The molecule has 0 bridgehead atoms. The predicted molar refractivity (Wildman–Crippen MR) is 66.7 cm³/mol. The van der Waals surface area contributed by atoms with Gasteiger partial charge in [-0.1, -0.05) is 15.9 Å². The summed E-state index contributed by atoms with van der Waals surface area (Å²) in [5.41, 5.74) is 0.657. The van der Waals surface area contributed by atoms with E-state index in [0.29, 0.717) is 14.9 Å². The maximum absolute atomic E-state index is 11.3. The number of hydrogen-bond acceptors (Lipinski definition) is 2. The van der Waals surface area contributed by atoms with Crippen LogP contribution >= 0.6 is 47.8 Å². The minimum atomic E-state index is -0.224.